The summed E-state index contributed by atoms with van der Waals surface area (Å²) in [5.74, 6) is 3.08. The SMILES string of the molecule is COc1ccc(OCCF)c(CN(C(C)=O)c2cccnc2OC2=CC=CC3CC23)c1. The first-order valence-corrected chi connectivity index (χ1v) is 10.3. The molecule has 2 aromatic rings. The molecule has 2 aliphatic carbocycles. The Hall–Kier alpha value is -3.35. The molecule has 7 heteroatoms. The number of allylic oxidation sites excluding steroid dienone is 4. The van der Waals surface area contributed by atoms with Crippen LogP contribution in [0.3, 0.4) is 0 Å². The van der Waals surface area contributed by atoms with Gasteiger partial charge in [-0.05, 0) is 48.7 Å². The van der Waals surface area contributed by atoms with Gasteiger partial charge in [-0.25, -0.2) is 9.37 Å². The normalized spacial score (nSPS) is 18.6. The Morgan fingerprint density at radius 3 is 2.97 bits per heavy atom. The van der Waals surface area contributed by atoms with E-state index in [4.69, 9.17) is 14.2 Å². The van der Waals surface area contributed by atoms with Crippen LogP contribution in [-0.2, 0) is 11.3 Å². The van der Waals surface area contributed by atoms with E-state index in [1.807, 2.05) is 12.2 Å². The van der Waals surface area contributed by atoms with E-state index in [0.717, 1.165) is 12.2 Å². The molecular formula is C24H25FN2O4. The Balaban J connectivity index is 1.64. The second kappa shape index (κ2) is 9.20. The van der Waals surface area contributed by atoms with Gasteiger partial charge < -0.3 is 19.1 Å². The summed E-state index contributed by atoms with van der Waals surface area (Å²) in [5.41, 5.74) is 1.25. The standard InChI is InChI=1S/C24H25FN2O4/c1-16(28)27(15-18-13-19(29-2)8-9-22(18)30-12-10-25)21-6-4-11-26-24(21)31-23-7-3-5-17-14-20(17)23/h3-9,11,13,17,20H,10,12,14-15H2,1-2H3. The molecule has 0 N–H and O–H groups in total. The Kier molecular flexibility index (Phi) is 6.21. The number of carbonyl (C=O) groups is 1. The number of fused-ring (bicyclic) bond motifs is 1. The maximum absolute atomic E-state index is 12.7. The molecule has 31 heavy (non-hydrogen) atoms. The van der Waals surface area contributed by atoms with Gasteiger partial charge >= 0.3 is 0 Å². The molecule has 0 radical (unpaired) electrons. The van der Waals surface area contributed by atoms with Crippen molar-refractivity contribution in [2.45, 2.75) is 19.9 Å². The van der Waals surface area contributed by atoms with Crippen molar-refractivity contribution in [2.24, 2.45) is 11.8 Å². The predicted octanol–water partition coefficient (Wildman–Crippen LogP) is 4.46. The van der Waals surface area contributed by atoms with Crippen LogP contribution in [0, 0.1) is 11.8 Å². The molecule has 0 saturated heterocycles. The molecule has 1 aromatic carbocycles. The van der Waals surface area contributed by atoms with Crippen LogP contribution in [0.1, 0.15) is 18.9 Å². The number of pyridine rings is 1. The van der Waals surface area contributed by atoms with Crippen LogP contribution in [0.4, 0.5) is 10.1 Å². The molecule has 0 spiro atoms. The van der Waals surface area contributed by atoms with E-state index < -0.39 is 6.67 Å². The molecule has 1 saturated carbocycles. The van der Waals surface area contributed by atoms with Gasteiger partial charge in [0.25, 0.3) is 0 Å². The number of rotatable bonds is 9. The maximum atomic E-state index is 12.7. The first-order valence-electron chi connectivity index (χ1n) is 10.3. The summed E-state index contributed by atoms with van der Waals surface area (Å²) >= 11 is 0. The quantitative estimate of drug-likeness (QED) is 0.595. The van der Waals surface area contributed by atoms with Gasteiger partial charge in [-0.2, -0.15) is 0 Å². The molecule has 6 nitrogen and oxygen atoms in total. The summed E-state index contributed by atoms with van der Waals surface area (Å²) in [6.07, 6.45) is 8.85. The minimum atomic E-state index is -0.603. The number of hydrogen-bond donors (Lipinski definition) is 0. The topological polar surface area (TPSA) is 60.9 Å². The lowest BCUT2D eigenvalue weighted by molar-refractivity contribution is -0.116. The largest absolute Gasteiger partial charge is 0.497 e. The Morgan fingerprint density at radius 1 is 1.32 bits per heavy atom. The molecule has 0 bridgehead atoms. The second-order valence-electron chi connectivity index (χ2n) is 7.51. The zero-order valence-corrected chi connectivity index (χ0v) is 17.6. The zero-order valence-electron chi connectivity index (χ0n) is 17.6. The molecule has 4 rings (SSSR count). The second-order valence-corrected chi connectivity index (χ2v) is 7.51. The van der Waals surface area contributed by atoms with E-state index in [2.05, 4.69) is 11.1 Å². The molecule has 1 amide bonds. The Labute approximate surface area is 180 Å². The number of anilines is 1. The van der Waals surface area contributed by atoms with Gasteiger partial charge in [-0.3, -0.25) is 4.79 Å². The number of amides is 1. The third-order valence-electron chi connectivity index (χ3n) is 5.39. The van der Waals surface area contributed by atoms with Crippen molar-refractivity contribution < 1.29 is 23.4 Å². The molecule has 2 atom stereocenters. The number of benzene rings is 1. The van der Waals surface area contributed by atoms with Gasteiger partial charge in [0.2, 0.25) is 11.8 Å². The number of aromatic nitrogens is 1. The molecule has 1 fully saturated rings. The van der Waals surface area contributed by atoms with E-state index >= 15 is 0 Å². The van der Waals surface area contributed by atoms with Gasteiger partial charge in [0.15, 0.2) is 0 Å². The third kappa shape index (κ3) is 4.71. The summed E-state index contributed by atoms with van der Waals surface area (Å²) < 4.78 is 29.7. The number of methoxy groups -OCH3 is 1. The van der Waals surface area contributed by atoms with Crippen LogP contribution in [0.25, 0.3) is 0 Å². The van der Waals surface area contributed by atoms with Crippen molar-refractivity contribution in [3.63, 3.8) is 0 Å². The summed E-state index contributed by atoms with van der Waals surface area (Å²) in [5, 5.41) is 0. The Morgan fingerprint density at radius 2 is 2.19 bits per heavy atom. The fourth-order valence-corrected chi connectivity index (χ4v) is 3.69. The lowest BCUT2D eigenvalue weighted by Crippen LogP contribution is -2.29. The van der Waals surface area contributed by atoms with Crippen molar-refractivity contribution in [3.05, 3.63) is 66.1 Å². The minimum absolute atomic E-state index is 0.0646. The lowest BCUT2D eigenvalue weighted by Gasteiger charge is -2.25. The molecule has 162 valence electrons. The lowest BCUT2D eigenvalue weighted by atomic mass is 10.1. The van der Waals surface area contributed by atoms with E-state index in [0.29, 0.717) is 40.5 Å². The summed E-state index contributed by atoms with van der Waals surface area (Å²) in [4.78, 5) is 18.6. The van der Waals surface area contributed by atoms with Crippen molar-refractivity contribution in [1.82, 2.24) is 4.98 Å². The maximum Gasteiger partial charge on any atom is 0.243 e. The number of hydrogen-bond acceptors (Lipinski definition) is 5. The van der Waals surface area contributed by atoms with Crippen molar-refractivity contribution >= 4 is 11.6 Å². The van der Waals surface area contributed by atoms with Crippen LogP contribution in [0.5, 0.6) is 17.4 Å². The Bertz CT molecular complexity index is 1020. The van der Waals surface area contributed by atoms with Crippen LogP contribution in [0.2, 0.25) is 0 Å². The van der Waals surface area contributed by atoms with Crippen LogP contribution >= 0.6 is 0 Å². The summed E-state index contributed by atoms with van der Waals surface area (Å²) in [6, 6.07) is 8.80. The third-order valence-corrected chi connectivity index (χ3v) is 5.39. The number of nitrogens with zero attached hydrogens (tertiary/aromatic N) is 2. The molecular weight excluding hydrogens is 399 g/mol. The van der Waals surface area contributed by atoms with Gasteiger partial charge in [0.05, 0.1) is 13.7 Å². The highest BCUT2D eigenvalue weighted by molar-refractivity contribution is 5.92. The molecule has 1 aromatic heterocycles. The van der Waals surface area contributed by atoms with Gasteiger partial charge in [0, 0.05) is 24.6 Å². The first-order chi connectivity index (χ1) is 15.1. The monoisotopic (exact) mass is 424 g/mol. The van der Waals surface area contributed by atoms with Crippen LogP contribution in [-0.4, -0.2) is 31.3 Å². The fourth-order valence-electron chi connectivity index (χ4n) is 3.69. The average molecular weight is 424 g/mol. The van der Waals surface area contributed by atoms with E-state index in [9.17, 15) is 9.18 Å². The van der Waals surface area contributed by atoms with Crippen molar-refractivity contribution in [3.8, 4) is 17.4 Å². The van der Waals surface area contributed by atoms with Gasteiger partial charge in [-0.1, -0.05) is 12.2 Å². The highest BCUT2D eigenvalue weighted by Crippen LogP contribution is 2.48. The molecule has 1 heterocycles. The summed E-state index contributed by atoms with van der Waals surface area (Å²) in [6.45, 7) is 1.01. The summed E-state index contributed by atoms with van der Waals surface area (Å²) in [7, 11) is 1.56. The van der Waals surface area contributed by atoms with E-state index in [-0.39, 0.29) is 19.1 Å². The number of halogens is 1. The van der Waals surface area contributed by atoms with Crippen LogP contribution in [0.15, 0.2) is 60.5 Å². The number of ether oxygens (including phenoxy) is 3. The van der Waals surface area contributed by atoms with Crippen molar-refractivity contribution in [1.29, 1.82) is 0 Å². The fraction of sp³-hybridized carbons (Fsp3) is 0.333. The van der Waals surface area contributed by atoms with Crippen LogP contribution < -0.4 is 19.1 Å². The highest BCUT2D eigenvalue weighted by atomic mass is 19.1. The van der Waals surface area contributed by atoms with Crippen molar-refractivity contribution in [2.75, 3.05) is 25.3 Å². The average Bonchev–Trinajstić information content (AvgIpc) is 3.58. The smallest absolute Gasteiger partial charge is 0.243 e. The minimum Gasteiger partial charge on any atom is -0.497 e. The zero-order chi connectivity index (χ0) is 21.8. The molecule has 0 aliphatic heterocycles. The number of carbonyl (C=O) groups excluding carboxylic acids is 1. The van der Waals surface area contributed by atoms with Gasteiger partial charge in [-0.15, -0.1) is 0 Å². The molecule has 2 aliphatic rings. The van der Waals surface area contributed by atoms with E-state index in [1.165, 1.54) is 6.92 Å². The predicted molar refractivity (Wildman–Crippen MR) is 115 cm³/mol. The first kappa shape index (κ1) is 20.9. The highest BCUT2D eigenvalue weighted by Gasteiger charge is 2.41. The number of alkyl halides is 1. The molecule has 2 unspecified atom stereocenters. The van der Waals surface area contributed by atoms with Gasteiger partial charge in [0.1, 0.15) is 36.2 Å². The van der Waals surface area contributed by atoms with E-state index in [1.54, 1.807) is 48.5 Å².